The van der Waals surface area contributed by atoms with E-state index in [1.807, 2.05) is 21.1 Å². The number of rotatable bonds is 12. The van der Waals surface area contributed by atoms with Gasteiger partial charge in [0.05, 0.1) is 33.7 Å². The van der Waals surface area contributed by atoms with Crippen molar-refractivity contribution < 1.29 is 33.9 Å². The van der Waals surface area contributed by atoms with Crippen LogP contribution >= 0.6 is 0 Å². The quantitative estimate of drug-likeness (QED) is 0.0930. The van der Waals surface area contributed by atoms with E-state index in [1.165, 1.54) is 11.3 Å². The molecule has 1 aliphatic heterocycles. The molecule has 2 unspecified atom stereocenters. The van der Waals surface area contributed by atoms with Crippen LogP contribution in [0.5, 0.6) is 0 Å². The molecule has 0 aromatic heterocycles. The van der Waals surface area contributed by atoms with Gasteiger partial charge in [-0.25, -0.2) is 4.79 Å². The van der Waals surface area contributed by atoms with Gasteiger partial charge in [-0.15, -0.1) is 0 Å². The zero-order valence-corrected chi connectivity index (χ0v) is 24.3. The summed E-state index contributed by atoms with van der Waals surface area (Å²) in [4.78, 5) is 48.8. The average molecular weight is 574 g/mol. The van der Waals surface area contributed by atoms with Gasteiger partial charge in [-0.1, -0.05) is 68.5 Å². The third-order valence-corrected chi connectivity index (χ3v) is 6.94. The van der Waals surface area contributed by atoms with Gasteiger partial charge in [0.15, 0.2) is 6.54 Å². The van der Waals surface area contributed by atoms with Crippen LogP contribution in [-0.4, -0.2) is 102 Å². The number of aliphatic carboxylic acids is 2. The van der Waals surface area contributed by atoms with Crippen molar-refractivity contribution >= 4 is 29.6 Å². The van der Waals surface area contributed by atoms with Crippen molar-refractivity contribution in [2.45, 2.75) is 57.2 Å². The lowest BCUT2D eigenvalue weighted by Crippen LogP contribution is -2.53. The van der Waals surface area contributed by atoms with Gasteiger partial charge in [0.1, 0.15) is 11.9 Å². The highest BCUT2D eigenvalue weighted by Crippen LogP contribution is 2.28. The Morgan fingerprint density at radius 3 is 2.20 bits per heavy atom. The Hall–Kier alpha value is -3.77. The standard InChI is InChI=1S/C24H33N5O4.C5H11NO2/c25-22(26)18-10-8-17(9-11-18)14-28-23(32)20-7-4-12-29(20)24(33)19(27-15-21(30)31)13-16-5-2-1-3-6-16;1-6(2,3)4-5(7)8/h4,7-11,16,19-20,27H,1-3,5-6,12-15H2,(H3,25,26)(H,28,32)(H,30,31);4H2,1-3H3/p+1. The van der Waals surface area contributed by atoms with Crippen LogP contribution in [-0.2, 0) is 25.7 Å². The van der Waals surface area contributed by atoms with Crippen LogP contribution in [0.2, 0.25) is 0 Å². The molecule has 1 saturated carbocycles. The van der Waals surface area contributed by atoms with E-state index in [4.69, 9.17) is 21.4 Å². The lowest BCUT2D eigenvalue weighted by Gasteiger charge is -2.31. The first-order valence-corrected chi connectivity index (χ1v) is 13.9. The molecule has 0 bridgehead atoms. The van der Waals surface area contributed by atoms with E-state index < -0.39 is 24.0 Å². The largest absolute Gasteiger partial charge is 0.480 e. The molecule has 12 nitrogen and oxygen atoms in total. The van der Waals surface area contributed by atoms with Crippen LogP contribution in [0.15, 0.2) is 36.4 Å². The van der Waals surface area contributed by atoms with Gasteiger partial charge in [0.25, 0.3) is 0 Å². The average Bonchev–Trinajstić information content (AvgIpc) is 3.39. The van der Waals surface area contributed by atoms with Gasteiger partial charge >= 0.3 is 11.9 Å². The Bertz CT molecular complexity index is 1090. The van der Waals surface area contributed by atoms with Crippen LogP contribution in [0.4, 0.5) is 0 Å². The van der Waals surface area contributed by atoms with Crippen LogP contribution in [0, 0.1) is 11.3 Å². The number of quaternary nitrogens is 1. The summed E-state index contributed by atoms with van der Waals surface area (Å²) in [6.45, 7) is 0.490. The predicted octanol–water partition coefficient (Wildman–Crippen LogP) is 1.14. The van der Waals surface area contributed by atoms with E-state index in [0.717, 1.165) is 31.2 Å². The minimum atomic E-state index is -1.01. The fraction of sp³-hybridized carbons (Fsp3) is 0.552. The van der Waals surface area contributed by atoms with E-state index in [9.17, 15) is 19.2 Å². The molecule has 226 valence electrons. The second-order valence-electron chi connectivity index (χ2n) is 11.6. The van der Waals surface area contributed by atoms with Gasteiger partial charge in [0, 0.05) is 18.7 Å². The zero-order valence-electron chi connectivity index (χ0n) is 24.3. The summed E-state index contributed by atoms with van der Waals surface area (Å²) in [6, 6.07) is 5.67. The molecule has 1 aliphatic carbocycles. The molecular weight excluding hydrogens is 528 g/mol. The second kappa shape index (κ2) is 15.9. The molecule has 1 aromatic carbocycles. The summed E-state index contributed by atoms with van der Waals surface area (Å²) in [5.74, 6) is -1.93. The molecular formula is C29H45N6O6+. The van der Waals surface area contributed by atoms with Gasteiger partial charge in [-0.05, 0) is 17.9 Å². The Morgan fingerprint density at radius 2 is 1.68 bits per heavy atom. The third-order valence-electron chi connectivity index (χ3n) is 6.94. The molecule has 2 atom stereocenters. The monoisotopic (exact) mass is 573 g/mol. The van der Waals surface area contributed by atoms with Crippen LogP contribution < -0.4 is 16.4 Å². The fourth-order valence-corrected chi connectivity index (χ4v) is 4.92. The van der Waals surface area contributed by atoms with E-state index in [0.29, 0.717) is 28.9 Å². The highest BCUT2D eigenvalue weighted by Gasteiger charge is 2.35. The maximum absolute atomic E-state index is 13.3. The lowest BCUT2D eigenvalue weighted by molar-refractivity contribution is -0.862. The number of benzene rings is 1. The lowest BCUT2D eigenvalue weighted by atomic mass is 9.84. The number of amides is 2. The Kier molecular flexibility index (Phi) is 12.9. The number of nitrogen functional groups attached to an aromatic ring is 1. The summed E-state index contributed by atoms with van der Waals surface area (Å²) < 4.78 is 0.481. The number of hydrogen-bond donors (Lipinski definition) is 6. The molecule has 2 amide bonds. The van der Waals surface area contributed by atoms with Crippen molar-refractivity contribution in [2.75, 3.05) is 40.8 Å². The summed E-state index contributed by atoms with van der Waals surface area (Å²) >= 11 is 0. The maximum atomic E-state index is 13.3. The zero-order chi connectivity index (χ0) is 30.6. The Balaban J connectivity index is 0.000000642. The van der Waals surface area contributed by atoms with Crippen molar-refractivity contribution in [2.24, 2.45) is 11.7 Å². The van der Waals surface area contributed by atoms with Crippen molar-refractivity contribution in [3.63, 3.8) is 0 Å². The van der Waals surface area contributed by atoms with E-state index in [1.54, 1.807) is 36.4 Å². The number of amidine groups is 1. The van der Waals surface area contributed by atoms with Gasteiger partial charge in [-0.3, -0.25) is 25.1 Å². The number of nitrogens with two attached hydrogens (primary N) is 1. The van der Waals surface area contributed by atoms with Crippen molar-refractivity contribution in [3.8, 4) is 0 Å². The second-order valence-corrected chi connectivity index (χ2v) is 11.6. The summed E-state index contributed by atoms with van der Waals surface area (Å²) in [7, 11) is 5.52. The summed E-state index contributed by atoms with van der Waals surface area (Å²) in [6.07, 6.45) is 9.64. The maximum Gasteiger partial charge on any atom is 0.359 e. The Labute approximate surface area is 241 Å². The van der Waals surface area contributed by atoms with E-state index >= 15 is 0 Å². The highest BCUT2D eigenvalue weighted by molar-refractivity contribution is 5.95. The molecule has 1 aromatic rings. The van der Waals surface area contributed by atoms with Crippen LogP contribution in [0.25, 0.3) is 0 Å². The Morgan fingerprint density at radius 1 is 1.05 bits per heavy atom. The number of hydrogen-bond acceptors (Lipinski definition) is 6. The number of carboxylic acid groups (broad SMARTS) is 2. The minimum absolute atomic E-state index is 0.0184. The molecule has 0 radical (unpaired) electrons. The molecule has 1 fully saturated rings. The predicted molar refractivity (Wildman–Crippen MR) is 155 cm³/mol. The first-order valence-electron chi connectivity index (χ1n) is 13.9. The number of carbonyl (C=O) groups excluding carboxylic acids is 2. The molecule has 41 heavy (non-hydrogen) atoms. The first kappa shape index (κ1) is 33.4. The summed E-state index contributed by atoms with van der Waals surface area (Å²) in [5, 5.41) is 30.5. The topological polar surface area (TPSA) is 186 Å². The molecule has 2 aliphatic rings. The molecule has 0 saturated heterocycles. The molecule has 0 spiro atoms. The number of likely N-dealkylation sites (N-methyl/N-ethyl adjacent to an activating group) is 1. The number of carboxylic acids is 2. The normalized spacial score (nSPS) is 17.7. The smallest absolute Gasteiger partial charge is 0.359 e. The number of carbonyl (C=O) groups is 4. The molecule has 7 N–H and O–H groups in total. The van der Waals surface area contributed by atoms with Crippen LogP contribution in [0.3, 0.4) is 0 Å². The van der Waals surface area contributed by atoms with Crippen molar-refractivity contribution in [1.82, 2.24) is 15.5 Å². The first-order chi connectivity index (χ1) is 19.3. The number of nitrogens with zero attached hydrogens (tertiary/aromatic N) is 2. The van der Waals surface area contributed by atoms with Crippen molar-refractivity contribution in [3.05, 3.63) is 47.5 Å². The molecule has 12 heteroatoms. The van der Waals surface area contributed by atoms with Gasteiger partial charge in [0.2, 0.25) is 11.8 Å². The minimum Gasteiger partial charge on any atom is -0.480 e. The number of nitrogens with one attached hydrogen (secondary N) is 3. The SMILES string of the molecule is C[N+](C)(C)CC(=O)O.N=C(N)c1ccc(CNC(=O)C2C=CCN2C(=O)C(CC2CCCCC2)NCC(=O)O)cc1. The summed E-state index contributed by atoms with van der Waals surface area (Å²) in [5.41, 5.74) is 6.93. The molecule has 1 heterocycles. The van der Waals surface area contributed by atoms with Crippen LogP contribution in [0.1, 0.15) is 49.7 Å². The van der Waals surface area contributed by atoms with Gasteiger partial charge in [-0.2, -0.15) is 0 Å². The van der Waals surface area contributed by atoms with Gasteiger partial charge < -0.3 is 30.6 Å². The van der Waals surface area contributed by atoms with E-state index in [-0.39, 0.29) is 37.3 Å². The van der Waals surface area contributed by atoms with E-state index in [2.05, 4.69) is 10.6 Å². The molecule has 3 rings (SSSR count). The van der Waals surface area contributed by atoms with Crippen molar-refractivity contribution in [1.29, 1.82) is 5.41 Å². The third kappa shape index (κ3) is 12.1. The fourth-order valence-electron chi connectivity index (χ4n) is 4.92. The highest BCUT2D eigenvalue weighted by atomic mass is 16.4.